The minimum atomic E-state index is -0.698. The summed E-state index contributed by atoms with van der Waals surface area (Å²) in [5.74, 6) is 0. The van der Waals surface area contributed by atoms with Gasteiger partial charge in [-0.25, -0.2) is 0 Å². The van der Waals surface area contributed by atoms with Crippen LogP contribution in [0.4, 0.5) is 5.69 Å². The molecule has 1 aromatic heterocycles. The van der Waals surface area contributed by atoms with Gasteiger partial charge in [0.25, 0.3) is 0 Å². The molecule has 64 valence electrons. The summed E-state index contributed by atoms with van der Waals surface area (Å²) in [7, 11) is 0. The fraction of sp³-hybridized carbons (Fsp3) is 0.167. The number of aryl methyl sites for hydroxylation is 1. The lowest BCUT2D eigenvalue weighted by Gasteiger charge is -2.00. The normalized spacial score (nSPS) is 9.83. The van der Waals surface area contributed by atoms with E-state index in [0.29, 0.717) is 10.4 Å². The molecule has 0 spiro atoms. The number of halogens is 1. The van der Waals surface area contributed by atoms with Crippen LogP contribution in [-0.2, 0) is 0 Å². The van der Waals surface area contributed by atoms with E-state index < -0.39 is 10.1 Å². The van der Waals surface area contributed by atoms with E-state index in [9.17, 15) is 15.3 Å². The van der Waals surface area contributed by atoms with Crippen LogP contribution in [0.1, 0.15) is 5.69 Å². The minimum absolute atomic E-state index is 0.319. The van der Waals surface area contributed by atoms with Crippen LogP contribution < -0.4 is 4.73 Å². The third-order valence-corrected chi connectivity index (χ3v) is 1.74. The van der Waals surface area contributed by atoms with Crippen molar-refractivity contribution >= 4 is 17.3 Å². The van der Waals surface area contributed by atoms with Gasteiger partial charge in [-0.1, -0.05) is 0 Å². The quantitative estimate of drug-likeness (QED) is 0.219. The largest absolute Gasteiger partial charge is 0.617 e. The highest BCUT2D eigenvalue weighted by Crippen LogP contribution is 2.19. The lowest BCUT2D eigenvalue weighted by molar-refractivity contribution is -0.613. The number of aromatic nitrogens is 1. The van der Waals surface area contributed by atoms with Gasteiger partial charge in [-0.05, 0) is 11.6 Å². The molecule has 0 aliphatic carbocycles. The fourth-order valence-corrected chi connectivity index (χ4v) is 0.996. The predicted octanol–water partition coefficient (Wildman–Crippen LogP) is 1.19. The zero-order valence-electron chi connectivity index (χ0n) is 6.15. The predicted molar refractivity (Wildman–Crippen MR) is 41.8 cm³/mol. The molecule has 1 rings (SSSR count). The molecule has 0 amide bonds. The molecule has 1 heterocycles. The fourth-order valence-electron chi connectivity index (χ4n) is 0.731. The first kappa shape index (κ1) is 8.73. The average molecular weight is 189 g/mol. The maximum atomic E-state index is 11.0. The zero-order chi connectivity index (χ0) is 9.30. The van der Waals surface area contributed by atoms with E-state index in [2.05, 4.69) is 0 Å². The highest BCUT2D eigenvalue weighted by Gasteiger charge is 2.21. The van der Waals surface area contributed by atoms with Crippen molar-refractivity contribution in [2.75, 3.05) is 0 Å². The summed E-state index contributed by atoms with van der Waals surface area (Å²) in [5.41, 5.74) is -0.0529. The van der Waals surface area contributed by atoms with E-state index in [1.807, 2.05) is 0 Å². The Balaban J connectivity index is 3.36. The number of rotatable bonds is 1. The third kappa shape index (κ3) is 1.31. The Morgan fingerprint density at radius 3 is 2.67 bits per heavy atom. The molecule has 0 aromatic carbocycles. The lowest BCUT2D eigenvalue weighted by atomic mass is 10.3. The number of hydrogen-bond donors (Lipinski definition) is 0. The van der Waals surface area contributed by atoms with Crippen LogP contribution in [0.25, 0.3) is 0 Å². The third-order valence-electron chi connectivity index (χ3n) is 1.39. The van der Waals surface area contributed by atoms with Gasteiger partial charge in [0.05, 0.1) is 4.92 Å². The van der Waals surface area contributed by atoms with Crippen LogP contribution in [0.2, 0.25) is 5.15 Å². The van der Waals surface area contributed by atoms with Gasteiger partial charge in [0.2, 0.25) is 0 Å². The van der Waals surface area contributed by atoms with Crippen LogP contribution in [0.5, 0.6) is 0 Å². The second-order valence-corrected chi connectivity index (χ2v) is 2.56. The van der Waals surface area contributed by atoms with E-state index in [4.69, 9.17) is 11.6 Å². The topological polar surface area (TPSA) is 70.1 Å². The SMILES string of the molecule is Cc1ccc([N+](=O)[O-])c(Cl)[n+]1[O-]. The average Bonchev–Trinajstić information content (AvgIpc) is 2.00. The van der Waals surface area contributed by atoms with Crippen molar-refractivity contribution in [2.24, 2.45) is 0 Å². The Bertz CT molecular complexity index is 340. The van der Waals surface area contributed by atoms with Gasteiger partial charge in [-0.2, -0.15) is 4.73 Å². The molecular formula is C6H5ClN2O3. The van der Waals surface area contributed by atoms with Gasteiger partial charge >= 0.3 is 10.8 Å². The second-order valence-electron chi connectivity index (χ2n) is 2.20. The van der Waals surface area contributed by atoms with E-state index in [-0.39, 0.29) is 5.69 Å². The standard InChI is InChI=1S/C6H5ClN2O3/c1-4-2-3-5(9(11)12)6(7)8(4)10/h2-3H,1H3. The molecule has 12 heavy (non-hydrogen) atoms. The molecule has 6 heteroatoms. The Morgan fingerprint density at radius 1 is 1.58 bits per heavy atom. The molecule has 0 bridgehead atoms. The Hall–Kier alpha value is -1.36. The first-order valence-electron chi connectivity index (χ1n) is 3.07. The monoisotopic (exact) mass is 188 g/mol. The van der Waals surface area contributed by atoms with Gasteiger partial charge in [0.1, 0.15) is 0 Å². The zero-order valence-corrected chi connectivity index (χ0v) is 6.91. The molecule has 0 radical (unpaired) electrons. The van der Waals surface area contributed by atoms with Crippen LogP contribution in [0, 0.1) is 22.2 Å². The molecule has 0 N–H and O–H groups in total. The van der Waals surface area contributed by atoms with Crippen molar-refractivity contribution in [2.45, 2.75) is 6.92 Å². The van der Waals surface area contributed by atoms with Crippen molar-refractivity contribution < 1.29 is 9.65 Å². The van der Waals surface area contributed by atoms with Gasteiger partial charge in [-0.15, -0.1) is 0 Å². The summed E-state index contributed by atoms with van der Waals surface area (Å²) in [6.45, 7) is 1.52. The number of nitro groups is 1. The molecule has 0 fully saturated rings. The summed E-state index contributed by atoms with van der Waals surface area (Å²) >= 11 is 5.40. The van der Waals surface area contributed by atoms with Gasteiger partial charge < -0.3 is 5.21 Å². The highest BCUT2D eigenvalue weighted by atomic mass is 35.5. The molecule has 1 aromatic rings. The Morgan fingerprint density at radius 2 is 2.17 bits per heavy atom. The number of hydrogen-bond acceptors (Lipinski definition) is 3. The van der Waals surface area contributed by atoms with E-state index in [1.54, 1.807) is 0 Å². The first-order valence-corrected chi connectivity index (χ1v) is 3.45. The summed E-state index contributed by atoms with van der Waals surface area (Å²) in [6.07, 6.45) is 0. The van der Waals surface area contributed by atoms with Crippen molar-refractivity contribution in [1.29, 1.82) is 0 Å². The summed E-state index contributed by atoms with van der Waals surface area (Å²) in [6, 6.07) is 2.54. The van der Waals surface area contributed by atoms with Gasteiger partial charge in [0, 0.05) is 19.1 Å². The van der Waals surface area contributed by atoms with E-state index >= 15 is 0 Å². The summed E-state index contributed by atoms with van der Waals surface area (Å²) in [4.78, 5) is 9.56. The van der Waals surface area contributed by atoms with Crippen LogP contribution in [0.3, 0.4) is 0 Å². The van der Waals surface area contributed by atoms with E-state index in [1.165, 1.54) is 19.1 Å². The van der Waals surface area contributed by atoms with Crippen molar-refractivity contribution in [3.05, 3.63) is 38.3 Å². The maximum absolute atomic E-state index is 11.0. The van der Waals surface area contributed by atoms with Crippen molar-refractivity contribution in [1.82, 2.24) is 0 Å². The minimum Gasteiger partial charge on any atom is -0.617 e. The highest BCUT2D eigenvalue weighted by molar-refractivity contribution is 6.30. The molecule has 5 nitrogen and oxygen atoms in total. The molecule has 0 aliphatic heterocycles. The number of pyridine rings is 1. The maximum Gasteiger partial charge on any atom is 0.365 e. The van der Waals surface area contributed by atoms with Gasteiger partial charge in [-0.3, -0.25) is 10.1 Å². The number of nitrogens with zero attached hydrogens (tertiary/aromatic N) is 2. The van der Waals surface area contributed by atoms with Crippen LogP contribution >= 0.6 is 11.6 Å². The first-order chi connectivity index (χ1) is 5.54. The molecular weight excluding hydrogens is 184 g/mol. The van der Waals surface area contributed by atoms with E-state index in [0.717, 1.165) is 0 Å². The second kappa shape index (κ2) is 2.94. The summed E-state index contributed by atoms with van der Waals surface area (Å²) in [5, 5.41) is 20.8. The van der Waals surface area contributed by atoms with Gasteiger partial charge in [0.15, 0.2) is 5.69 Å². The molecule has 0 saturated heterocycles. The summed E-state index contributed by atoms with van der Waals surface area (Å²) < 4.78 is 0.319. The van der Waals surface area contributed by atoms with Crippen LogP contribution in [0.15, 0.2) is 12.1 Å². The lowest BCUT2D eigenvalue weighted by Crippen LogP contribution is -2.31. The molecule has 0 aliphatic rings. The molecule has 0 atom stereocenters. The smallest absolute Gasteiger partial charge is 0.365 e. The van der Waals surface area contributed by atoms with Crippen LogP contribution in [-0.4, -0.2) is 4.92 Å². The molecule has 0 unspecified atom stereocenters. The van der Waals surface area contributed by atoms with Crippen molar-refractivity contribution in [3.8, 4) is 0 Å². The van der Waals surface area contributed by atoms with Crippen molar-refractivity contribution in [3.63, 3.8) is 0 Å². The Labute approximate surface area is 72.9 Å². The Kier molecular flexibility index (Phi) is 2.14. The molecule has 0 saturated carbocycles.